The molecular formula is C20H19NO4S. The third kappa shape index (κ3) is 3.80. The van der Waals surface area contributed by atoms with Crippen LogP contribution >= 0.6 is 11.8 Å². The Labute approximate surface area is 156 Å². The third-order valence-corrected chi connectivity index (χ3v) is 5.28. The van der Waals surface area contributed by atoms with Crippen molar-refractivity contribution in [3.63, 3.8) is 0 Å². The van der Waals surface area contributed by atoms with Gasteiger partial charge in [-0.3, -0.25) is 19.3 Å². The second-order valence-electron chi connectivity index (χ2n) is 6.09. The van der Waals surface area contributed by atoms with E-state index in [0.717, 1.165) is 15.4 Å². The number of aryl methyl sites for hydroxylation is 2. The molecule has 6 heteroatoms. The second kappa shape index (κ2) is 7.74. The fraction of sp³-hybridized carbons (Fsp3) is 0.250. The lowest BCUT2D eigenvalue weighted by Crippen LogP contribution is -2.33. The minimum atomic E-state index is -0.369. The minimum absolute atomic E-state index is 0.00224. The summed E-state index contributed by atoms with van der Waals surface area (Å²) in [6.45, 7) is 4.09. The molecule has 0 N–H and O–H groups in total. The average Bonchev–Trinajstić information content (AvgIpc) is 2.86. The smallest absolute Gasteiger partial charge is 0.316 e. The molecular weight excluding hydrogens is 350 g/mol. The molecule has 0 unspecified atom stereocenters. The maximum atomic E-state index is 12.2. The Morgan fingerprint density at radius 1 is 1.04 bits per heavy atom. The molecule has 134 valence electrons. The Bertz CT molecular complexity index is 843. The van der Waals surface area contributed by atoms with E-state index in [1.807, 2.05) is 26.0 Å². The number of benzene rings is 2. The summed E-state index contributed by atoms with van der Waals surface area (Å²) >= 11 is 1.42. The number of rotatable bonds is 6. The quantitative estimate of drug-likeness (QED) is 0.444. The number of esters is 1. The lowest BCUT2D eigenvalue weighted by Gasteiger charge is -2.13. The Balaban J connectivity index is 1.47. The van der Waals surface area contributed by atoms with Gasteiger partial charge in [0.1, 0.15) is 6.61 Å². The van der Waals surface area contributed by atoms with E-state index >= 15 is 0 Å². The molecule has 0 radical (unpaired) electrons. The minimum Gasteiger partial charge on any atom is -0.463 e. The zero-order valence-electron chi connectivity index (χ0n) is 14.7. The van der Waals surface area contributed by atoms with Crippen molar-refractivity contribution in [3.8, 4) is 0 Å². The van der Waals surface area contributed by atoms with Gasteiger partial charge in [0.2, 0.25) is 0 Å². The van der Waals surface area contributed by atoms with Gasteiger partial charge in [-0.25, -0.2) is 0 Å². The zero-order valence-corrected chi connectivity index (χ0v) is 15.5. The summed E-state index contributed by atoms with van der Waals surface area (Å²) in [6, 6.07) is 12.8. The van der Waals surface area contributed by atoms with Crippen LogP contribution in [0.2, 0.25) is 0 Å². The normalized spacial score (nSPS) is 13.1. The molecule has 0 saturated carbocycles. The van der Waals surface area contributed by atoms with E-state index in [-0.39, 0.29) is 36.7 Å². The molecule has 2 aromatic carbocycles. The average molecular weight is 369 g/mol. The first-order valence-corrected chi connectivity index (χ1v) is 9.27. The summed E-state index contributed by atoms with van der Waals surface area (Å²) in [5, 5.41) is 0. The molecule has 1 heterocycles. The second-order valence-corrected chi connectivity index (χ2v) is 7.10. The number of carbonyl (C=O) groups excluding carboxylic acids is 3. The zero-order chi connectivity index (χ0) is 18.7. The van der Waals surface area contributed by atoms with Gasteiger partial charge in [0.05, 0.1) is 23.4 Å². The first-order chi connectivity index (χ1) is 12.5. The van der Waals surface area contributed by atoms with E-state index < -0.39 is 0 Å². The fourth-order valence-electron chi connectivity index (χ4n) is 2.83. The van der Waals surface area contributed by atoms with Gasteiger partial charge in [-0.05, 0) is 37.6 Å². The van der Waals surface area contributed by atoms with Crippen LogP contribution in [-0.4, -0.2) is 41.6 Å². The van der Waals surface area contributed by atoms with Gasteiger partial charge in [-0.15, -0.1) is 11.8 Å². The number of thioether (sulfide) groups is 1. The van der Waals surface area contributed by atoms with Crippen LogP contribution in [0.15, 0.2) is 47.4 Å². The Morgan fingerprint density at radius 3 is 2.31 bits per heavy atom. The summed E-state index contributed by atoms with van der Waals surface area (Å²) in [5.41, 5.74) is 3.09. The lowest BCUT2D eigenvalue weighted by molar-refractivity contribution is -0.140. The predicted molar refractivity (Wildman–Crippen MR) is 99.4 cm³/mol. The van der Waals surface area contributed by atoms with Crippen LogP contribution in [0.4, 0.5) is 0 Å². The van der Waals surface area contributed by atoms with Crippen molar-refractivity contribution in [2.75, 3.05) is 18.9 Å². The number of hydrogen-bond acceptors (Lipinski definition) is 5. The van der Waals surface area contributed by atoms with E-state index in [1.54, 1.807) is 24.3 Å². The van der Waals surface area contributed by atoms with Gasteiger partial charge >= 0.3 is 5.97 Å². The van der Waals surface area contributed by atoms with Gasteiger partial charge in [0, 0.05) is 4.90 Å². The van der Waals surface area contributed by atoms with Crippen molar-refractivity contribution in [1.29, 1.82) is 0 Å². The highest BCUT2D eigenvalue weighted by Crippen LogP contribution is 2.24. The molecule has 0 atom stereocenters. The summed E-state index contributed by atoms with van der Waals surface area (Å²) in [4.78, 5) is 38.5. The molecule has 0 fully saturated rings. The number of hydrogen-bond donors (Lipinski definition) is 0. The molecule has 2 aromatic rings. The van der Waals surface area contributed by atoms with Crippen LogP contribution in [-0.2, 0) is 9.53 Å². The number of ether oxygens (including phenoxy) is 1. The van der Waals surface area contributed by atoms with E-state index in [2.05, 4.69) is 6.07 Å². The monoisotopic (exact) mass is 369 g/mol. The number of fused-ring (bicyclic) bond motifs is 1. The number of amides is 2. The molecule has 26 heavy (non-hydrogen) atoms. The molecule has 5 nitrogen and oxygen atoms in total. The van der Waals surface area contributed by atoms with Crippen LogP contribution in [0.5, 0.6) is 0 Å². The van der Waals surface area contributed by atoms with Crippen molar-refractivity contribution in [1.82, 2.24) is 4.90 Å². The van der Waals surface area contributed by atoms with Crippen LogP contribution in [0.3, 0.4) is 0 Å². The number of nitrogens with zero attached hydrogens (tertiary/aromatic N) is 1. The number of carbonyl (C=O) groups is 3. The SMILES string of the molecule is Cc1ccc(SCC(=O)OCCN2C(=O)c3ccccc3C2=O)c(C)c1. The van der Waals surface area contributed by atoms with Crippen molar-refractivity contribution in [2.45, 2.75) is 18.7 Å². The summed E-state index contributed by atoms with van der Waals surface area (Å²) in [7, 11) is 0. The molecule has 0 aliphatic carbocycles. The topological polar surface area (TPSA) is 63.7 Å². The van der Waals surface area contributed by atoms with Crippen molar-refractivity contribution < 1.29 is 19.1 Å². The van der Waals surface area contributed by atoms with E-state index in [9.17, 15) is 14.4 Å². The Morgan fingerprint density at radius 2 is 1.69 bits per heavy atom. The summed E-state index contributed by atoms with van der Waals surface area (Å²) < 4.78 is 5.18. The van der Waals surface area contributed by atoms with Crippen LogP contribution in [0.25, 0.3) is 0 Å². The largest absolute Gasteiger partial charge is 0.463 e. The van der Waals surface area contributed by atoms with E-state index in [0.29, 0.717) is 11.1 Å². The van der Waals surface area contributed by atoms with Crippen LogP contribution < -0.4 is 0 Å². The summed E-state index contributed by atoms with van der Waals surface area (Å²) in [5.74, 6) is -0.865. The standard InChI is InChI=1S/C20H19NO4S/c1-13-7-8-17(14(2)11-13)26-12-18(22)25-10-9-21-19(23)15-5-3-4-6-16(15)20(21)24/h3-8,11H,9-10,12H2,1-2H3. The van der Waals surface area contributed by atoms with Crippen molar-refractivity contribution in [2.24, 2.45) is 0 Å². The lowest BCUT2D eigenvalue weighted by atomic mass is 10.1. The fourth-order valence-corrected chi connectivity index (χ4v) is 3.64. The Kier molecular flexibility index (Phi) is 5.42. The van der Waals surface area contributed by atoms with Crippen molar-refractivity contribution >= 4 is 29.5 Å². The first kappa shape index (κ1) is 18.2. The third-order valence-electron chi connectivity index (χ3n) is 4.13. The Hall–Kier alpha value is -2.60. The molecule has 3 rings (SSSR count). The molecule has 0 spiro atoms. The number of imide groups is 1. The molecule has 1 aliphatic rings. The van der Waals surface area contributed by atoms with Gasteiger partial charge < -0.3 is 4.74 Å². The highest BCUT2D eigenvalue weighted by Gasteiger charge is 2.34. The highest BCUT2D eigenvalue weighted by molar-refractivity contribution is 8.00. The van der Waals surface area contributed by atoms with Gasteiger partial charge in [-0.1, -0.05) is 29.8 Å². The van der Waals surface area contributed by atoms with E-state index in [4.69, 9.17) is 4.74 Å². The molecule has 2 amide bonds. The maximum absolute atomic E-state index is 12.2. The predicted octanol–water partition coefficient (Wildman–Crippen LogP) is 3.23. The summed E-state index contributed by atoms with van der Waals surface area (Å²) in [6.07, 6.45) is 0. The van der Waals surface area contributed by atoms with Gasteiger partial charge in [0.25, 0.3) is 11.8 Å². The van der Waals surface area contributed by atoms with Crippen molar-refractivity contribution in [3.05, 3.63) is 64.7 Å². The highest BCUT2D eigenvalue weighted by atomic mass is 32.2. The molecule has 0 saturated heterocycles. The molecule has 1 aliphatic heterocycles. The van der Waals surface area contributed by atoms with Crippen LogP contribution in [0, 0.1) is 13.8 Å². The van der Waals surface area contributed by atoms with E-state index in [1.165, 1.54) is 17.3 Å². The maximum Gasteiger partial charge on any atom is 0.316 e. The molecule has 0 bridgehead atoms. The first-order valence-electron chi connectivity index (χ1n) is 8.28. The van der Waals surface area contributed by atoms with Crippen LogP contribution in [0.1, 0.15) is 31.8 Å². The van der Waals surface area contributed by atoms with Gasteiger partial charge in [-0.2, -0.15) is 0 Å². The molecule has 0 aromatic heterocycles. The van der Waals surface area contributed by atoms with Gasteiger partial charge in [0.15, 0.2) is 0 Å².